The van der Waals surface area contributed by atoms with Crippen LogP contribution in [0.15, 0.2) is 54.2 Å². The van der Waals surface area contributed by atoms with Crippen molar-refractivity contribution in [2.45, 2.75) is 0 Å². The Kier molecular flexibility index (Phi) is 3.92. The lowest BCUT2D eigenvalue weighted by Crippen LogP contribution is -2.30. The average Bonchev–Trinajstić information content (AvgIpc) is 2.77. The van der Waals surface area contributed by atoms with Crippen LogP contribution in [-0.2, 0) is 4.79 Å². The molecule has 0 radical (unpaired) electrons. The molecule has 0 saturated carbocycles. The molecule has 6 heteroatoms. The maximum Gasteiger partial charge on any atom is 0.281 e. The molecule has 0 unspecified atom stereocenters. The summed E-state index contributed by atoms with van der Waals surface area (Å²) in [7, 11) is 0. The summed E-state index contributed by atoms with van der Waals surface area (Å²) in [5, 5.41) is 3.75. The molecular formula is C16H10ClFN2OS. The van der Waals surface area contributed by atoms with Crippen LogP contribution in [0.4, 0.5) is 10.1 Å². The number of halogens is 2. The van der Waals surface area contributed by atoms with Gasteiger partial charge in [-0.15, -0.1) is 0 Å². The summed E-state index contributed by atoms with van der Waals surface area (Å²) in [6.07, 6.45) is 1.69. The third kappa shape index (κ3) is 2.86. The lowest BCUT2D eigenvalue weighted by atomic mass is 10.2. The first-order valence-corrected chi connectivity index (χ1v) is 7.21. The third-order valence-corrected chi connectivity index (χ3v) is 3.68. The van der Waals surface area contributed by atoms with Gasteiger partial charge in [-0.2, -0.15) is 0 Å². The van der Waals surface area contributed by atoms with Crippen molar-refractivity contribution in [3.63, 3.8) is 0 Å². The largest absolute Gasteiger partial charge is 0.327 e. The number of hydrogen-bond donors (Lipinski definition) is 1. The second-order valence-electron chi connectivity index (χ2n) is 4.66. The lowest BCUT2D eigenvalue weighted by Gasteiger charge is -2.13. The second-order valence-corrected chi connectivity index (χ2v) is 5.48. The zero-order valence-electron chi connectivity index (χ0n) is 11.2. The van der Waals surface area contributed by atoms with Crippen LogP contribution in [0.2, 0.25) is 5.02 Å². The first-order chi connectivity index (χ1) is 10.5. The Morgan fingerprint density at radius 3 is 2.36 bits per heavy atom. The highest BCUT2D eigenvalue weighted by Gasteiger charge is 2.31. The molecular weight excluding hydrogens is 323 g/mol. The van der Waals surface area contributed by atoms with Gasteiger partial charge in [0, 0.05) is 5.02 Å². The number of carbonyl (C=O) groups is 1. The molecule has 3 rings (SSSR count). The van der Waals surface area contributed by atoms with Crippen molar-refractivity contribution in [1.82, 2.24) is 5.32 Å². The molecule has 1 aliphatic heterocycles. The molecule has 1 amide bonds. The molecule has 0 bridgehead atoms. The summed E-state index contributed by atoms with van der Waals surface area (Å²) in [6, 6.07) is 12.7. The van der Waals surface area contributed by atoms with Crippen LogP contribution < -0.4 is 10.2 Å². The first-order valence-electron chi connectivity index (χ1n) is 6.43. The number of rotatable bonds is 2. The lowest BCUT2D eigenvalue weighted by molar-refractivity contribution is -0.113. The van der Waals surface area contributed by atoms with Gasteiger partial charge in [0.05, 0.1) is 5.69 Å². The van der Waals surface area contributed by atoms with Gasteiger partial charge in [-0.3, -0.25) is 9.69 Å². The van der Waals surface area contributed by atoms with Crippen LogP contribution in [0.3, 0.4) is 0 Å². The van der Waals surface area contributed by atoms with Crippen molar-refractivity contribution in [3.8, 4) is 0 Å². The fourth-order valence-corrected chi connectivity index (χ4v) is 2.51. The molecule has 3 nitrogen and oxygen atoms in total. The highest BCUT2D eigenvalue weighted by molar-refractivity contribution is 7.80. The molecule has 1 aliphatic rings. The maximum absolute atomic E-state index is 13.0. The summed E-state index contributed by atoms with van der Waals surface area (Å²) < 4.78 is 13.0. The zero-order valence-corrected chi connectivity index (χ0v) is 12.8. The highest BCUT2D eigenvalue weighted by atomic mass is 35.5. The maximum atomic E-state index is 13.0. The third-order valence-electron chi connectivity index (χ3n) is 3.14. The van der Waals surface area contributed by atoms with Gasteiger partial charge >= 0.3 is 0 Å². The fraction of sp³-hybridized carbons (Fsp3) is 0. The molecule has 0 aliphatic carbocycles. The van der Waals surface area contributed by atoms with E-state index in [9.17, 15) is 9.18 Å². The quantitative estimate of drug-likeness (QED) is 0.671. The molecule has 110 valence electrons. The van der Waals surface area contributed by atoms with Gasteiger partial charge < -0.3 is 5.32 Å². The van der Waals surface area contributed by atoms with Crippen LogP contribution in [0.5, 0.6) is 0 Å². The number of benzene rings is 2. The minimum absolute atomic E-state index is 0.261. The second kappa shape index (κ2) is 5.87. The Labute approximate surface area is 137 Å². The van der Waals surface area contributed by atoms with Crippen molar-refractivity contribution in [1.29, 1.82) is 0 Å². The van der Waals surface area contributed by atoms with Crippen LogP contribution in [0.1, 0.15) is 5.56 Å². The molecule has 1 saturated heterocycles. The summed E-state index contributed by atoms with van der Waals surface area (Å²) in [4.78, 5) is 13.8. The topological polar surface area (TPSA) is 32.3 Å². The number of thiocarbonyl (C=S) groups is 1. The van der Waals surface area contributed by atoms with Gasteiger partial charge in [-0.05, 0) is 60.3 Å². The van der Waals surface area contributed by atoms with Crippen molar-refractivity contribution in [3.05, 3.63) is 70.6 Å². The monoisotopic (exact) mass is 332 g/mol. The predicted octanol–water partition coefficient (Wildman–Crippen LogP) is 3.74. The van der Waals surface area contributed by atoms with E-state index in [1.54, 1.807) is 30.3 Å². The van der Waals surface area contributed by atoms with Gasteiger partial charge in [0.25, 0.3) is 5.91 Å². The standard InChI is InChI=1S/C16H10ClFN2OS/c17-11-3-1-10(2-4-11)9-14-15(21)20(16(22)19-14)13-7-5-12(18)6-8-13/h1-9H,(H,19,22)/b14-9-. The Bertz CT molecular complexity index is 772. The molecule has 0 spiro atoms. The number of nitrogens with one attached hydrogen (secondary N) is 1. The van der Waals surface area contributed by atoms with Crippen molar-refractivity contribution in [2.24, 2.45) is 0 Å². The minimum atomic E-state index is -0.369. The SMILES string of the molecule is O=C1/C(=C/c2ccc(Cl)cc2)NC(=S)N1c1ccc(F)cc1. The molecule has 2 aromatic carbocycles. The summed E-state index contributed by atoms with van der Waals surface area (Å²) in [5.41, 5.74) is 1.70. The molecule has 0 atom stereocenters. The van der Waals surface area contributed by atoms with E-state index in [0.29, 0.717) is 16.4 Å². The van der Waals surface area contributed by atoms with Crippen LogP contribution in [0, 0.1) is 5.82 Å². The molecule has 1 fully saturated rings. The van der Waals surface area contributed by atoms with Crippen molar-refractivity contribution in [2.75, 3.05) is 4.90 Å². The van der Waals surface area contributed by atoms with Crippen molar-refractivity contribution >= 4 is 46.6 Å². The van der Waals surface area contributed by atoms with E-state index in [0.717, 1.165) is 5.56 Å². The fourth-order valence-electron chi connectivity index (χ4n) is 2.09. The number of hydrogen-bond acceptors (Lipinski definition) is 2. The van der Waals surface area contributed by atoms with Gasteiger partial charge in [-0.1, -0.05) is 23.7 Å². The van der Waals surface area contributed by atoms with E-state index in [1.165, 1.54) is 29.2 Å². The van der Waals surface area contributed by atoms with E-state index in [1.807, 2.05) is 0 Å². The van der Waals surface area contributed by atoms with E-state index < -0.39 is 0 Å². The first kappa shape index (κ1) is 14.7. The molecule has 0 aromatic heterocycles. The van der Waals surface area contributed by atoms with Crippen LogP contribution in [0.25, 0.3) is 6.08 Å². The number of anilines is 1. The van der Waals surface area contributed by atoms with E-state index >= 15 is 0 Å². The highest BCUT2D eigenvalue weighted by Crippen LogP contribution is 2.23. The van der Waals surface area contributed by atoms with Crippen LogP contribution in [-0.4, -0.2) is 11.0 Å². The number of carbonyl (C=O) groups excluding carboxylic acids is 1. The molecule has 1 heterocycles. The van der Waals surface area contributed by atoms with Crippen molar-refractivity contribution < 1.29 is 9.18 Å². The van der Waals surface area contributed by atoms with Gasteiger partial charge in [0.15, 0.2) is 5.11 Å². The Balaban J connectivity index is 1.91. The summed E-state index contributed by atoms with van der Waals surface area (Å²) in [5.74, 6) is -0.655. The minimum Gasteiger partial charge on any atom is -0.327 e. The Morgan fingerprint density at radius 2 is 1.73 bits per heavy atom. The molecule has 1 N–H and O–H groups in total. The Morgan fingerprint density at radius 1 is 1.09 bits per heavy atom. The smallest absolute Gasteiger partial charge is 0.281 e. The van der Waals surface area contributed by atoms with E-state index in [4.69, 9.17) is 23.8 Å². The average molecular weight is 333 g/mol. The predicted molar refractivity (Wildman–Crippen MR) is 89.0 cm³/mol. The number of amides is 1. The zero-order chi connectivity index (χ0) is 15.7. The normalized spacial score (nSPS) is 16.3. The summed E-state index contributed by atoms with van der Waals surface area (Å²) in [6.45, 7) is 0. The van der Waals surface area contributed by atoms with E-state index in [2.05, 4.69) is 5.32 Å². The van der Waals surface area contributed by atoms with Crippen LogP contribution >= 0.6 is 23.8 Å². The Hall–Kier alpha value is -2.24. The van der Waals surface area contributed by atoms with Gasteiger partial charge in [-0.25, -0.2) is 4.39 Å². The summed E-state index contributed by atoms with van der Waals surface area (Å²) >= 11 is 11.0. The molecule has 22 heavy (non-hydrogen) atoms. The van der Waals surface area contributed by atoms with Gasteiger partial charge in [0.2, 0.25) is 0 Å². The van der Waals surface area contributed by atoms with Gasteiger partial charge in [0.1, 0.15) is 11.5 Å². The number of nitrogens with zero attached hydrogens (tertiary/aromatic N) is 1. The molecule has 2 aromatic rings. The van der Waals surface area contributed by atoms with E-state index in [-0.39, 0.29) is 16.8 Å².